The van der Waals surface area contributed by atoms with Crippen LogP contribution in [0.2, 0.25) is 0 Å². The van der Waals surface area contributed by atoms with Gasteiger partial charge in [-0.3, -0.25) is 0 Å². The molecule has 0 heterocycles. The van der Waals surface area contributed by atoms with Gasteiger partial charge in [-0.15, -0.1) is 3.89 Å². The van der Waals surface area contributed by atoms with Gasteiger partial charge in [0, 0.05) is 5.69 Å². The summed E-state index contributed by atoms with van der Waals surface area (Å²) in [6, 6.07) is 6.12. The standard InChI is InChI=1S/C7H8FNO2S/c8-12(10,11)5-6-2-1-3-7(9)4-6/h1-4H,5,9H2. The SMILES string of the molecule is Nc1cccc(CS(=O)(=O)F)c1. The van der Waals surface area contributed by atoms with Gasteiger partial charge >= 0.3 is 10.2 Å². The van der Waals surface area contributed by atoms with E-state index in [4.69, 9.17) is 5.73 Å². The summed E-state index contributed by atoms with van der Waals surface area (Å²) in [4.78, 5) is 0. The van der Waals surface area contributed by atoms with Crippen molar-refractivity contribution in [3.8, 4) is 0 Å². The molecule has 12 heavy (non-hydrogen) atoms. The lowest BCUT2D eigenvalue weighted by molar-refractivity contribution is 0.551. The molecular weight excluding hydrogens is 181 g/mol. The van der Waals surface area contributed by atoms with E-state index < -0.39 is 16.0 Å². The first-order chi connectivity index (χ1) is 5.47. The van der Waals surface area contributed by atoms with Gasteiger partial charge < -0.3 is 5.73 Å². The number of nitrogen functional groups attached to an aromatic ring is 1. The van der Waals surface area contributed by atoms with Crippen molar-refractivity contribution in [3.05, 3.63) is 29.8 Å². The van der Waals surface area contributed by atoms with E-state index in [-0.39, 0.29) is 0 Å². The minimum atomic E-state index is -4.45. The van der Waals surface area contributed by atoms with E-state index in [9.17, 15) is 12.3 Å². The molecule has 0 saturated carbocycles. The van der Waals surface area contributed by atoms with Gasteiger partial charge in [0.25, 0.3) is 0 Å². The van der Waals surface area contributed by atoms with Crippen molar-refractivity contribution in [2.24, 2.45) is 0 Å². The van der Waals surface area contributed by atoms with E-state index in [1.807, 2.05) is 0 Å². The van der Waals surface area contributed by atoms with Crippen LogP contribution in [-0.2, 0) is 16.0 Å². The third-order valence-corrected chi connectivity index (χ3v) is 1.97. The van der Waals surface area contributed by atoms with Gasteiger partial charge in [-0.1, -0.05) is 12.1 Å². The van der Waals surface area contributed by atoms with Crippen molar-refractivity contribution < 1.29 is 12.3 Å². The first kappa shape index (κ1) is 8.99. The highest BCUT2D eigenvalue weighted by atomic mass is 32.3. The quantitative estimate of drug-likeness (QED) is 0.559. The summed E-state index contributed by atoms with van der Waals surface area (Å²) in [7, 11) is -4.45. The number of hydrogen-bond donors (Lipinski definition) is 1. The summed E-state index contributed by atoms with van der Waals surface area (Å²) in [5, 5.41) is 0. The molecular formula is C7H8FNO2S. The molecule has 1 rings (SSSR count). The Kier molecular flexibility index (Phi) is 2.32. The number of hydrogen-bond acceptors (Lipinski definition) is 3. The van der Waals surface area contributed by atoms with Crippen LogP contribution in [0.1, 0.15) is 5.56 Å². The molecule has 0 fully saturated rings. The lowest BCUT2D eigenvalue weighted by atomic mass is 10.2. The highest BCUT2D eigenvalue weighted by Gasteiger charge is 2.07. The molecule has 5 heteroatoms. The Balaban J connectivity index is 2.91. The predicted molar refractivity (Wildman–Crippen MR) is 44.6 cm³/mol. The van der Waals surface area contributed by atoms with Crippen molar-refractivity contribution in [2.75, 3.05) is 5.73 Å². The first-order valence-corrected chi connectivity index (χ1v) is 4.79. The third-order valence-electron chi connectivity index (χ3n) is 1.29. The van der Waals surface area contributed by atoms with Crippen molar-refractivity contribution in [1.29, 1.82) is 0 Å². The van der Waals surface area contributed by atoms with Crippen LogP contribution in [-0.4, -0.2) is 8.42 Å². The number of benzene rings is 1. The van der Waals surface area contributed by atoms with Crippen LogP contribution in [0.25, 0.3) is 0 Å². The molecule has 0 atom stereocenters. The van der Waals surface area contributed by atoms with E-state index in [0.717, 1.165) is 0 Å². The molecule has 0 aliphatic heterocycles. The van der Waals surface area contributed by atoms with E-state index in [1.165, 1.54) is 12.1 Å². The molecule has 0 amide bonds. The Morgan fingerprint density at radius 3 is 2.58 bits per heavy atom. The Hall–Kier alpha value is -1.10. The van der Waals surface area contributed by atoms with E-state index in [1.54, 1.807) is 12.1 Å². The summed E-state index contributed by atoms with van der Waals surface area (Å²) < 4.78 is 32.5. The molecule has 0 spiro atoms. The zero-order valence-corrected chi connectivity index (χ0v) is 7.01. The minimum absolute atomic E-state index is 0.359. The first-order valence-electron chi connectivity index (χ1n) is 3.24. The molecule has 0 aliphatic rings. The fourth-order valence-electron chi connectivity index (χ4n) is 0.882. The number of rotatable bonds is 2. The highest BCUT2D eigenvalue weighted by molar-refractivity contribution is 7.85. The van der Waals surface area contributed by atoms with Crippen LogP contribution in [0.3, 0.4) is 0 Å². The molecule has 0 aromatic heterocycles. The molecule has 0 unspecified atom stereocenters. The van der Waals surface area contributed by atoms with Gasteiger partial charge in [-0.2, -0.15) is 8.42 Å². The summed E-state index contributed by atoms with van der Waals surface area (Å²) >= 11 is 0. The van der Waals surface area contributed by atoms with E-state index >= 15 is 0 Å². The van der Waals surface area contributed by atoms with Crippen LogP contribution >= 0.6 is 0 Å². The van der Waals surface area contributed by atoms with E-state index in [2.05, 4.69) is 0 Å². The van der Waals surface area contributed by atoms with Gasteiger partial charge in [-0.25, -0.2) is 0 Å². The summed E-state index contributed by atoms with van der Waals surface area (Å²) in [5.41, 5.74) is 6.15. The molecule has 1 aromatic carbocycles. The summed E-state index contributed by atoms with van der Waals surface area (Å²) in [6.07, 6.45) is 0. The fraction of sp³-hybridized carbons (Fsp3) is 0.143. The molecule has 2 N–H and O–H groups in total. The summed E-state index contributed by atoms with van der Waals surface area (Å²) in [6.45, 7) is 0. The average molecular weight is 189 g/mol. The largest absolute Gasteiger partial charge is 0.399 e. The normalized spacial score (nSPS) is 11.4. The Morgan fingerprint density at radius 1 is 1.42 bits per heavy atom. The lowest BCUT2D eigenvalue weighted by Crippen LogP contribution is -1.96. The summed E-state index contributed by atoms with van der Waals surface area (Å²) in [5.74, 6) is -0.613. The molecule has 66 valence electrons. The maximum atomic E-state index is 12.1. The maximum absolute atomic E-state index is 12.1. The maximum Gasteiger partial charge on any atom is 0.306 e. The predicted octanol–water partition coefficient (Wildman–Crippen LogP) is 1.07. The second-order valence-corrected chi connectivity index (χ2v) is 3.79. The van der Waals surface area contributed by atoms with E-state index in [0.29, 0.717) is 11.3 Å². The number of nitrogens with two attached hydrogens (primary N) is 1. The Bertz CT molecular complexity index is 375. The van der Waals surface area contributed by atoms with Gasteiger partial charge in [0.2, 0.25) is 0 Å². The third kappa shape index (κ3) is 2.87. The van der Waals surface area contributed by atoms with Crippen LogP contribution in [0.4, 0.5) is 9.57 Å². The average Bonchev–Trinajstić information content (AvgIpc) is 1.82. The Morgan fingerprint density at radius 2 is 2.08 bits per heavy atom. The minimum Gasteiger partial charge on any atom is -0.399 e. The molecule has 0 saturated heterocycles. The van der Waals surface area contributed by atoms with Crippen molar-refractivity contribution in [2.45, 2.75) is 5.75 Å². The van der Waals surface area contributed by atoms with Gasteiger partial charge in [0.1, 0.15) is 5.75 Å². The van der Waals surface area contributed by atoms with Crippen LogP contribution < -0.4 is 5.73 Å². The van der Waals surface area contributed by atoms with Crippen LogP contribution in [0.15, 0.2) is 24.3 Å². The number of anilines is 1. The van der Waals surface area contributed by atoms with Gasteiger partial charge in [0.15, 0.2) is 0 Å². The molecule has 3 nitrogen and oxygen atoms in total. The molecule has 0 bridgehead atoms. The highest BCUT2D eigenvalue weighted by Crippen LogP contribution is 2.10. The van der Waals surface area contributed by atoms with Crippen LogP contribution in [0.5, 0.6) is 0 Å². The zero-order valence-electron chi connectivity index (χ0n) is 6.20. The van der Waals surface area contributed by atoms with Crippen molar-refractivity contribution in [1.82, 2.24) is 0 Å². The molecule has 0 radical (unpaired) electrons. The van der Waals surface area contributed by atoms with Gasteiger partial charge in [-0.05, 0) is 17.7 Å². The second kappa shape index (κ2) is 3.10. The molecule has 0 aliphatic carbocycles. The second-order valence-electron chi connectivity index (χ2n) is 2.43. The Labute approximate surface area is 70.2 Å². The lowest BCUT2D eigenvalue weighted by Gasteiger charge is -1.97. The smallest absolute Gasteiger partial charge is 0.306 e. The van der Waals surface area contributed by atoms with Crippen molar-refractivity contribution >= 4 is 15.9 Å². The topological polar surface area (TPSA) is 60.2 Å². The van der Waals surface area contributed by atoms with Gasteiger partial charge in [0.05, 0.1) is 0 Å². The number of halogens is 1. The fourth-order valence-corrected chi connectivity index (χ4v) is 1.46. The van der Waals surface area contributed by atoms with Crippen molar-refractivity contribution in [3.63, 3.8) is 0 Å². The molecule has 1 aromatic rings. The van der Waals surface area contributed by atoms with Crippen LogP contribution in [0, 0.1) is 0 Å². The zero-order chi connectivity index (χ0) is 9.19. The monoisotopic (exact) mass is 189 g/mol.